The van der Waals surface area contributed by atoms with Crippen LogP contribution in [0.1, 0.15) is 5.56 Å². The summed E-state index contributed by atoms with van der Waals surface area (Å²) < 4.78 is 20.1. The Morgan fingerprint density at radius 3 is 2.56 bits per heavy atom. The van der Waals surface area contributed by atoms with E-state index in [1.54, 1.807) is 31.4 Å². The van der Waals surface area contributed by atoms with Crippen LogP contribution in [0.3, 0.4) is 0 Å². The number of rotatable bonds is 7. The van der Waals surface area contributed by atoms with Gasteiger partial charge in [0.1, 0.15) is 11.6 Å². The molecule has 4 rings (SSSR count). The van der Waals surface area contributed by atoms with Crippen molar-refractivity contribution in [3.63, 3.8) is 0 Å². The van der Waals surface area contributed by atoms with Crippen molar-refractivity contribution >= 4 is 28.6 Å². The Morgan fingerprint density at radius 2 is 1.78 bits per heavy atom. The molecule has 0 aliphatic rings. The van der Waals surface area contributed by atoms with E-state index in [-0.39, 0.29) is 17.2 Å². The average molecular weight is 450 g/mol. The topological polar surface area (TPSA) is 73.2 Å². The first-order chi connectivity index (χ1) is 15.6. The molecule has 6 nitrogen and oxygen atoms in total. The highest BCUT2D eigenvalue weighted by atomic mass is 32.2. The van der Waals surface area contributed by atoms with E-state index in [4.69, 9.17) is 4.74 Å². The van der Waals surface area contributed by atoms with Crippen molar-refractivity contribution in [2.75, 3.05) is 12.9 Å². The summed E-state index contributed by atoms with van der Waals surface area (Å²) in [5, 5.41) is 3.66. The second-order valence-electron chi connectivity index (χ2n) is 6.91. The number of nitrogens with one attached hydrogen (secondary N) is 1. The Hall–Kier alpha value is -3.65. The normalized spacial score (nSPS) is 10.8. The molecule has 0 bridgehead atoms. The molecular formula is C24H20FN3O3S. The number of carbonyl (C=O) groups is 1. The number of thioether (sulfide) groups is 1. The molecule has 1 amide bonds. The smallest absolute Gasteiger partial charge is 0.266 e. The first kappa shape index (κ1) is 21.6. The van der Waals surface area contributed by atoms with Crippen LogP contribution in [0, 0.1) is 5.82 Å². The van der Waals surface area contributed by atoms with Gasteiger partial charge >= 0.3 is 0 Å². The lowest BCUT2D eigenvalue weighted by Crippen LogP contribution is -2.26. The first-order valence-electron chi connectivity index (χ1n) is 9.86. The van der Waals surface area contributed by atoms with Crippen LogP contribution in [0.25, 0.3) is 16.6 Å². The Labute approximate surface area is 188 Å². The van der Waals surface area contributed by atoms with Gasteiger partial charge in [-0.2, -0.15) is 0 Å². The highest BCUT2D eigenvalue weighted by Gasteiger charge is 2.15. The molecule has 1 aromatic heterocycles. The van der Waals surface area contributed by atoms with Crippen LogP contribution in [0.2, 0.25) is 0 Å². The van der Waals surface area contributed by atoms with E-state index in [0.717, 1.165) is 17.3 Å². The minimum atomic E-state index is -0.402. The van der Waals surface area contributed by atoms with Crippen LogP contribution < -0.4 is 15.6 Å². The van der Waals surface area contributed by atoms with Gasteiger partial charge in [0.25, 0.3) is 5.56 Å². The second kappa shape index (κ2) is 9.65. The quantitative estimate of drug-likeness (QED) is 0.342. The number of carbonyl (C=O) groups excluding carboxylic acids is 1. The number of para-hydroxylation sites is 2. The fraction of sp³-hybridized carbons (Fsp3) is 0.125. The minimum absolute atomic E-state index is 0.0567. The van der Waals surface area contributed by atoms with Gasteiger partial charge in [0.05, 0.1) is 29.5 Å². The van der Waals surface area contributed by atoms with Gasteiger partial charge in [-0.3, -0.25) is 14.2 Å². The molecule has 1 N–H and O–H groups in total. The Balaban J connectivity index is 1.58. The molecule has 0 aliphatic carbocycles. The van der Waals surface area contributed by atoms with Crippen LogP contribution >= 0.6 is 11.8 Å². The maximum atomic E-state index is 13.4. The standard InChI is InChI=1S/C24H20FN3O3S/c1-31-21-9-5-2-6-16(21)14-26-22(29)15-32-24-27-20-8-4-3-7-19(20)23(30)28(24)18-12-10-17(25)11-13-18/h2-13H,14-15H2,1H3,(H,26,29). The third-order valence-electron chi connectivity index (χ3n) is 4.83. The van der Waals surface area contributed by atoms with E-state index < -0.39 is 5.82 Å². The molecule has 0 saturated heterocycles. The third kappa shape index (κ3) is 4.65. The number of nitrogens with zero attached hydrogens (tertiary/aromatic N) is 2. The zero-order valence-electron chi connectivity index (χ0n) is 17.2. The Morgan fingerprint density at radius 1 is 1.06 bits per heavy atom. The highest BCUT2D eigenvalue weighted by Crippen LogP contribution is 2.22. The molecule has 1 heterocycles. The van der Waals surface area contributed by atoms with E-state index in [0.29, 0.717) is 34.0 Å². The number of benzene rings is 3. The van der Waals surface area contributed by atoms with Gasteiger partial charge in [-0.05, 0) is 42.5 Å². The summed E-state index contributed by atoms with van der Waals surface area (Å²) in [7, 11) is 1.58. The van der Waals surface area contributed by atoms with Crippen molar-refractivity contribution in [1.82, 2.24) is 14.9 Å². The minimum Gasteiger partial charge on any atom is -0.496 e. The number of methoxy groups -OCH3 is 1. The van der Waals surface area contributed by atoms with Gasteiger partial charge in [-0.1, -0.05) is 42.1 Å². The molecule has 32 heavy (non-hydrogen) atoms. The summed E-state index contributed by atoms with van der Waals surface area (Å²) in [6, 6.07) is 20.0. The van der Waals surface area contributed by atoms with Crippen molar-refractivity contribution in [2.24, 2.45) is 0 Å². The fourth-order valence-corrected chi connectivity index (χ4v) is 4.09. The van der Waals surface area contributed by atoms with Gasteiger partial charge in [0.15, 0.2) is 5.16 Å². The van der Waals surface area contributed by atoms with Gasteiger partial charge in [-0.25, -0.2) is 9.37 Å². The highest BCUT2D eigenvalue weighted by molar-refractivity contribution is 7.99. The summed E-state index contributed by atoms with van der Waals surface area (Å²) in [5.41, 5.74) is 1.60. The van der Waals surface area contributed by atoms with Crippen LogP contribution in [0.15, 0.2) is 82.7 Å². The number of aromatic nitrogens is 2. The Bertz CT molecular complexity index is 1320. The number of amides is 1. The average Bonchev–Trinajstić information content (AvgIpc) is 2.82. The third-order valence-corrected chi connectivity index (χ3v) is 5.77. The van der Waals surface area contributed by atoms with E-state index in [9.17, 15) is 14.0 Å². The number of halogens is 1. The molecule has 0 fully saturated rings. The molecule has 0 unspecified atom stereocenters. The molecule has 0 aliphatic heterocycles. The zero-order chi connectivity index (χ0) is 22.5. The van der Waals surface area contributed by atoms with E-state index >= 15 is 0 Å². The molecule has 0 saturated carbocycles. The van der Waals surface area contributed by atoms with Crippen LogP contribution in [-0.2, 0) is 11.3 Å². The summed E-state index contributed by atoms with van der Waals surface area (Å²) in [6.45, 7) is 0.319. The molecular weight excluding hydrogens is 429 g/mol. The Kier molecular flexibility index (Phi) is 6.51. The molecule has 4 aromatic rings. The van der Waals surface area contributed by atoms with E-state index in [1.807, 2.05) is 24.3 Å². The van der Waals surface area contributed by atoms with Crippen LogP contribution in [0.5, 0.6) is 5.75 Å². The first-order valence-corrected chi connectivity index (χ1v) is 10.8. The molecule has 0 spiro atoms. The predicted molar refractivity (Wildman–Crippen MR) is 123 cm³/mol. The zero-order valence-corrected chi connectivity index (χ0v) is 18.1. The fourth-order valence-electron chi connectivity index (χ4n) is 3.25. The van der Waals surface area contributed by atoms with Crippen molar-refractivity contribution < 1.29 is 13.9 Å². The van der Waals surface area contributed by atoms with Gasteiger partial charge in [0, 0.05) is 12.1 Å². The number of hydrogen-bond acceptors (Lipinski definition) is 5. The van der Waals surface area contributed by atoms with Crippen molar-refractivity contribution in [3.05, 3.63) is 94.5 Å². The van der Waals surface area contributed by atoms with Crippen molar-refractivity contribution in [1.29, 1.82) is 0 Å². The predicted octanol–water partition coefficient (Wildman–Crippen LogP) is 3.94. The molecule has 0 radical (unpaired) electrons. The maximum Gasteiger partial charge on any atom is 0.266 e. The molecule has 162 valence electrons. The van der Waals surface area contributed by atoms with Gasteiger partial charge in [-0.15, -0.1) is 0 Å². The van der Waals surface area contributed by atoms with Crippen molar-refractivity contribution in [3.8, 4) is 11.4 Å². The maximum absolute atomic E-state index is 13.4. The van der Waals surface area contributed by atoms with Gasteiger partial charge in [0.2, 0.25) is 5.91 Å². The van der Waals surface area contributed by atoms with Crippen molar-refractivity contribution in [2.45, 2.75) is 11.7 Å². The summed E-state index contributed by atoms with van der Waals surface area (Å²) in [5.74, 6) is 0.137. The number of fused-ring (bicyclic) bond motifs is 1. The molecule has 3 aromatic carbocycles. The molecule has 0 atom stereocenters. The lowest BCUT2D eigenvalue weighted by atomic mass is 10.2. The van der Waals surface area contributed by atoms with Crippen LogP contribution in [-0.4, -0.2) is 28.3 Å². The van der Waals surface area contributed by atoms with E-state index in [1.165, 1.54) is 28.8 Å². The van der Waals surface area contributed by atoms with Gasteiger partial charge < -0.3 is 10.1 Å². The number of ether oxygens (including phenoxy) is 1. The summed E-state index contributed by atoms with van der Waals surface area (Å²) in [6.07, 6.45) is 0. The second-order valence-corrected chi connectivity index (χ2v) is 7.85. The summed E-state index contributed by atoms with van der Waals surface area (Å²) in [4.78, 5) is 30.2. The van der Waals surface area contributed by atoms with Crippen LogP contribution in [0.4, 0.5) is 4.39 Å². The lowest BCUT2D eigenvalue weighted by Gasteiger charge is -2.13. The molecule has 8 heteroatoms. The largest absolute Gasteiger partial charge is 0.496 e. The van der Waals surface area contributed by atoms with E-state index in [2.05, 4.69) is 10.3 Å². The number of hydrogen-bond donors (Lipinski definition) is 1. The monoisotopic (exact) mass is 449 g/mol. The summed E-state index contributed by atoms with van der Waals surface area (Å²) >= 11 is 1.14. The lowest BCUT2D eigenvalue weighted by molar-refractivity contribution is -0.118. The SMILES string of the molecule is COc1ccccc1CNC(=O)CSc1nc2ccccc2c(=O)n1-c1ccc(F)cc1.